The molecule has 1 amide bonds. The second-order valence-electron chi connectivity index (χ2n) is 5.55. The maximum atomic E-state index is 12.3. The molecule has 0 unspecified atom stereocenters. The predicted octanol–water partition coefficient (Wildman–Crippen LogP) is 4.06. The Labute approximate surface area is 151 Å². The maximum Gasteiger partial charge on any atom is 0.251 e. The van der Waals surface area contributed by atoms with Gasteiger partial charge in [0, 0.05) is 16.6 Å². The first-order valence-corrected chi connectivity index (χ1v) is 8.52. The Balaban J connectivity index is 2.04. The van der Waals surface area contributed by atoms with E-state index in [1.165, 1.54) is 0 Å². The quantitative estimate of drug-likeness (QED) is 0.807. The molecular weight excluding hydrogens is 370 g/mol. The van der Waals surface area contributed by atoms with E-state index in [2.05, 4.69) is 21.2 Å². The standard InChI is InChI=1S/C19H22BrNO3/c1-12-6-5-7-15(13(12)2)19(22)21-9-8-14-10-17(23-3)18(24-4)11-16(14)20/h5-7,10-11H,8-9H2,1-4H3,(H,21,22). The Morgan fingerprint density at radius 1 is 1.12 bits per heavy atom. The van der Waals surface area contributed by atoms with Crippen LogP contribution < -0.4 is 14.8 Å². The molecule has 1 N–H and O–H groups in total. The van der Waals surface area contributed by atoms with E-state index in [1.807, 2.05) is 44.2 Å². The monoisotopic (exact) mass is 391 g/mol. The van der Waals surface area contributed by atoms with Crippen molar-refractivity contribution in [2.24, 2.45) is 0 Å². The molecule has 0 spiro atoms. The van der Waals surface area contributed by atoms with Crippen LogP contribution in [0.25, 0.3) is 0 Å². The van der Waals surface area contributed by atoms with E-state index in [0.29, 0.717) is 24.5 Å². The van der Waals surface area contributed by atoms with E-state index in [-0.39, 0.29) is 5.91 Å². The fourth-order valence-corrected chi connectivity index (χ4v) is 3.01. The van der Waals surface area contributed by atoms with Gasteiger partial charge >= 0.3 is 0 Å². The summed E-state index contributed by atoms with van der Waals surface area (Å²) in [5.74, 6) is 1.30. The fourth-order valence-electron chi connectivity index (χ4n) is 2.49. The van der Waals surface area contributed by atoms with Gasteiger partial charge in [0.05, 0.1) is 14.2 Å². The minimum Gasteiger partial charge on any atom is -0.493 e. The average Bonchev–Trinajstić information content (AvgIpc) is 2.58. The summed E-state index contributed by atoms with van der Waals surface area (Å²) in [6.45, 7) is 4.52. The minimum absolute atomic E-state index is 0.0483. The molecule has 0 fully saturated rings. The lowest BCUT2D eigenvalue weighted by Crippen LogP contribution is -2.26. The lowest BCUT2D eigenvalue weighted by atomic mass is 10.0. The zero-order valence-electron chi connectivity index (χ0n) is 14.4. The summed E-state index contributed by atoms with van der Waals surface area (Å²) in [5.41, 5.74) is 3.91. The Morgan fingerprint density at radius 2 is 1.79 bits per heavy atom. The summed E-state index contributed by atoms with van der Waals surface area (Å²) in [6, 6.07) is 9.56. The molecule has 0 atom stereocenters. The summed E-state index contributed by atoms with van der Waals surface area (Å²) in [7, 11) is 3.21. The van der Waals surface area contributed by atoms with Gasteiger partial charge in [0.1, 0.15) is 0 Å². The van der Waals surface area contributed by atoms with Crippen molar-refractivity contribution in [2.75, 3.05) is 20.8 Å². The van der Waals surface area contributed by atoms with E-state index in [0.717, 1.165) is 26.7 Å². The zero-order chi connectivity index (χ0) is 17.7. The molecule has 0 aliphatic heterocycles. The molecule has 0 aliphatic rings. The van der Waals surface area contributed by atoms with Gasteiger partial charge in [-0.2, -0.15) is 0 Å². The van der Waals surface area contributed by atoms with Crippen LogP contribution in [0.4, 0.5) is 0 Å². The molecule has 0 radical (unpaired) electrons. The van der Waals surface area contributed by atoms with E-state index in [9.17, 15) is 4.79 Å². The van der Waals surface area contributed by atoms with Gasteiger partial charge in [0.15, 0.2) is 11.5 Å². The Morgan fingerprint density at radius 3 is 2.46 bits per heavy atom. The second-order valence-corrected chi connectivity index (χ2v) is 6.41. The van der Waals surface area contributed by atoms with Crippen LogP contribution in [0.15, 0.2) is 34.8 Å². The number of hydrogen-bond donors (Lipinski definition) is 1. The first-order chi connectivity index (χ1) is 11.5. The van der Waals surface area contributed by atoms with E-state index in [1.54, 1.807) is 14.2 Å². The molecule has 0 aliphatic carbocycles. The molecule has 128 valence electrons. The molecule has 2 aromatic carbocycles. The number of aryl methyl sites for hydroxylation is 1. The fraction of sp³-hybridized carbons (Fsp3) is 0.316. The topological polar surface area (TPSA) is 47.6 Å². The first kappa shape index (κ1) is 18.3. The highest BCUT2D eigenvalue weighted by molar-refractivity contribution is 9.10. The molecule has 2 rings (SSSR count). The minimum atomic E-state index is -0.0483. The van der Waals surface area contributed by atoms with Gasteiger partial charge in [0.25, 0.3) is 5.91 Å². The van der Waals surface area contributed by atoms with E-state index >= 15 is 0 Å². The van der Waals surface area contributed by atoms with Gasteiger partial charge in [-0.3, -0.25) is 4.79 Å². The van der Waals surface area contributed by atoms with Crippen molar-refractivity contribution in [3.63, 3.8) is 0 Å². The molecule has 0 saturated carbocycles. The zero-order valence-corrected chi connectivity index (χ0v) is 16.0. The molecule has 24 heavy (non-hydrogen) atoms. The molecule has 0 bridgehead atoms. The second kappa shape index (κ2) is 8.20. The van der Waals surface area contributed by atoms with Crippen molar-refractivity contribution in [1.82, 2.24) is 5.32 Å². The van der Waals surface area contributed by atoms with Crippen molar-refractivity contribution < 1.29 is 14.3 Å². The van der Waals surface area contributed by atoms with Crippen LogP contribution in [0, 0.1) is 13.8 Å². The molecule has 4 nitrogen and oxygen atoms in total. The Kier molecular flexibility index (Phi) is 6.26. The third-order valence-electron chi connectivity index (χ3n) is 4.08. The predicted molar refractivity (Wildman–Crippen MR) is 99.2 cm³/mol. The summed E-state index contributed by atoms with van der Waals surface area (Å²) in [6.07, 6.45) is 0.692. The largest absolute Gasteiger partial charge is 0.493 e. The van der Waals surface area contributed by atoms with Gasteiger partial charge < -0.3 is 14.8 Å². The number of carbonyl (C=O) groups excluding carboxylic acids is 1. The first-order valence-electron chi connectivity index (χ1n) is 7.72. The van der Waals surface area contributed by atoms with Crippen molar-refractivity contribution in [1.29, 1.82) is 0 Å². The molecule has 2 aromatic rings. The van der Waals surface area contributed by atoms with Crippen LogP contribution in [0.2, 0.25) is 0 Å². The normalized spacial score (nSPS) is 10.4. The van der Waals surface area contributed by atoms with Crippen molar-refractivity contribution in [3.05, 3.63) is 57.1 Å². The number of methoxy groups -OCH3 is 2. The lowest BCUT2D eigenvalue weighted by molar-refractivity contribution is 0.0953. The van der Waals surface area contributed by atoms with E-state index in [4.69, 9.17) is 9.47 Å². The highest BCUT2D eigenvalue weighted by Gasteiger charge is 2.12. The highest BCUT2D eigenvalue weighted by atomic mass is 79.9. The van der Waals surface area contributed by atoms with Gasteiger partial charge in [-0.25, -0.2) is 0 Å². The number of rotatable bonds is 6. The SMILES string of the molecule is COc1cc(Br)c(CCNC(=O)c2cccc(C)c2C)cc1OC. The van der Waals surface area contributed by atoms with Gasteiger partial charge in [-0.1, -0.05) is 28.1 Å². The molecule has 0 aromatic heterocycles. The highest BCUT2D eigenvalue weighted by Crippen LogP contribution is 2.33. The smallest absolute Gasteiger partial charge is 0.251 e. The third kappa shape index (κ3) is 4.09. The van der Waals surface area contributed by atoms with Crippen LogP contribution >= 0.6 is 15.9 Å². The molecular formula is C19H22BrNO3. The van der Waals surface area contributed by atoms with Crippen LogP contribution in [0.5, 0.6) is 11.5 Å². The summed E-state index contributed by atoms with van der Waals surface area (Å²) >= 11 is 3.54. The number of benzene rings is 2. The van der Waals surface area contributed by atoms with Gasteiger partial charge in [-0.05, 0) is 55.2 Å². The van der Waals surface area contributed by atoms with Crippen LogP contribution in [0.3, 0.4) is 0 Å². The van der Waals surface area contributed by atoms with Crippen molar-refractivity contribution in [3.8, 4) is 11.5 Å². The van der Waals surface area contributed by atoms with Crippen LogP contribution in [-0.2, 0) is 6.42 Å². The average molecular weight is 392 g/mol. The summed E-state index contributed by atoms with van der Waals surface area (Å²) < 4.78 is 11.5. The van der Waals surface area contributed by atoms with Crippen molar-refractivity contribution >= 4 is 21.8 Å². The number of nitrogens with one attached hydrogen (secondary N) is 1. The van der Waals surface area contributed by atoms with E-state index < -0.39 is 0 Å². The Hall–Kier alpha value is -2.01. The van der Waals surface area contributed by atoms with Crippen LogP contribution in [0.1, 0.15) is 27.0 Å². The number of hydrogen-bond acceptors (Lipinski definition) is 3. The van der Waals surface area contributed by atoms with Crippen LogP contribution in [-0.4, -0.2) is 26.7 Å². The third-order valence-corrected chi connectivity index (χ3v) is 4.82. The number of ether oxygens (including phenoxy) is 2. The van der Waals surface area contributed by atoms with Crippen molar-refractivity contribution in [2.45, 2.75) is 20.3 Å². The number of amides is 1. The molecule has 0 heterocycles. The van der Waals surface area contributed by atoms with Gasteiger partial charge in [-0.15, -0.1) is 0 Å². The number of halogens is 1. The summed E-state index contributed by atoms with van der Waals surface area (Å²) in [4.78, 5) is 12.3. The Bertz CT molecular complexity index is 744. The maximum absolute atomic E-state index is 12.3. The lowest BCUT2D eigenvalue weighted by Gasteiger charge is -2.13. The number of carbonyl (C=O) groups is 1. The molecule has 5 heteroatoms. The molecule has 0 saturated heterocycles. The van der Waals surface area contributed by atoms with Gasteiger partial charge in [0.2, 0.25) is 0 Å². The summed E-state index contributed by atoms with van der Waals surface area (Å²) in [5, 5.41) is 2.98.